The first kappa shape index (κ1) is 14.8. The lowest BCUT2D eigenvalue weighted by molar-refractivity contribution is -0.114. The van der Waals surface area contributed by atoms with Gasteiger partial charge in [-0.05, 0) is 24.3 Å². The molecule has 2 aromatic rings. The van der Waals surface area contributed by atoms with Gasteiger partial charge >= 0.3 is 0 Å². The van der Waals surface area contributed by atoms with Crippen LogP contribution >= 0.6 is 0 Å². The Kier molecular flexibility index (Phi) is 4.71. The van der Waals surface area contributed by atoms with E-state index in [0.29, 0.717) is 18.1 Å². The lowest BCUT2D eigenvalue weighted by Gasteiger charge is -2.10. The summed E-state index contributed by atoms with van der Waals surface area (Å²) in [6, 6.07) is 9.89. The number of anilines is 2. The maximum absolute atomic E-state index is 13.5. The van der Waals surface area contributed by atoms with Gasteiger partial charge in [-0.3, -0.25) is 4.79 Å². The van der Waals surface area contributed by atoms with Crippen molar-refractivity contribution in [1.82, 2.24) is 4.98 Å². The van der Waals surface area contributed by atoms with Gasteiger partial charge in [0.2, 0.25) is 11.8 Å². The molecule has 1 heterocycles. The standard InChI is InChI=1S/C15H16FN3O2/c1-10(20)18-14-8-11(6-7-13(14)16)17-9-12-4-3-5-15(19-12)21-2/h3-8,17H,9H2,1-2H3,(H,18,20). The molecule has 6 heteroatoms. The molecule has 5 nitrogen and oxygen atoms in total. The molecule has 0 aliphatic rings. The Morgan fingerprint density at radius 3 is 2.86 bits per heavy atom. The van der Waals surface area contributed by atoms with Crippen molar-refractivity contribution >= 4 is 17.3 Å². The molecule has 1 amide bonds. The summed E-state index contributed by atoms with van der Waals surface area (Å²) < 4.78 is 18.6. The molecule has 0 aliphatic carbocycles. The second kappa shape index (κ2) is 6.69. The number of aromatic nitrogens is 1. The van der Waals surface area contributed by atoms with Gasteiger partial charge in [-0.2, -0.15) is 0 Å². The highest BCUT2D eigenvalue weighted by atomic mass is 19.1. The number of ether oxygens (including phenoxy) is 1. The summed E-state index contributed by atoms with van der Waals surface area (Å²) in [5.74, 6) is -0.261. The molecule has 1 aromatic carbocycles. The molecular weight excluding hydrogens is 273 g/mol. The predicted octanol–water partition coefficient (Wildman–Crippen LogP) is 2.80. The summed E-state index contributed by atoms with van der Waals surface area (Å²) in [5, 5.41) is 5.56. The van der Waals surface area contributed by atoms with Gasteiger partial charge in [-0.1, -0.05) is 6.07 Å². The van der Waals surface area contributed by atoms with Crippen LogP contribution in [0.5, 0.6) is 5.88 Å². The Morgan fingerprint density at radius 2 is 2.14 bits per heavy atom. The Balaban J connectivity index is 2.07. The molecule has 2 N–H and O–H groups in total. The average Bonchev–Trinajstić information content (AvgIpc) is 2.48. The van der Waals surface area contributed by atoms with Crippen molar-refractivity contribution in [3.8, 4) is 5.88 Å². The van der Waals surface area contributed by atoms with Crippen LogP contribution in [0.1, 0.15) is 12.6 Å². The summed E-state index contributed by atoms with van der Waals surface area (Å²) in [6.45, 7) is 1.79. The van der Waals surface area contributed by atoms with E-state index in [9.17, 15) is 9.18 Å². The van der Waals surface area contributed by atoms with Gasteiger partial charge in [-0.25, -0.2) is 9.37 Å². The SMILES string of the molecule is COc1cccc(CNc2ccc(F)c(NC(C)=O)c2)n1. The van der Waals surface area contributed by atoms with E-state index >= 15 is 0 Å². The molecule has 0 saturated carbocycles. The van der Waals surface area contributed by atoms with Gasteiger partial charge in [-0.15, -0.1) is 0 Å². The van der Waals surface area contributed by atoms with Crippen LogP contribution in [0.4, 0.5) is 15.8 Å². The zero-order chi connectivity index (χ0) is 15.2. The minimum Gasteiger partial charge on any atom is -0.481 e. The molecule has 21 heavy (non-hydrogen) atoms. The number of nitrogens with zero attached hydrogens (tertiary/aromatic N) is 1. The number of hydrogen-bond acceptors (Lipinski definition) is 4. The van der Waals surface area contributed by atoms with Crippen LogP contribution in [0.25, 0.3) is 0 Å². The second-order valence-electron chi connectivity index (χ2n) is 4.40. The zero-order valence-corrected chi connectivity index (χ0v) is 11.8. The molecule has 0 radical (unpaired) electrons. The lowest BCUT2D eigenvalue weighted by Crippen LogP contribution is -2.08. The Hall–Kier alpha value is -2.63. The third-order valence-corrected chi connectivity index (χ3v) is 2.74. The minimum atomic E-state index is -0.477. The molecule has 0 bridgehead atoms. The van der Waals surface area contributed by atoms with Gasteiger partial charge in [0, 0.05) is 18.7 Å². The van der Waals surface area contributed by atoms with E-state index in [0.717, 1.165) is 5.69 Å². The number of carbonyl (C=O) groups excluding carboxylic acids is 1. The molecule has 2 rings (SSSR count). The third-order valence-electron chi connectivity index (χ3n) is 2.74. The molecule has 1 aromatic heterocycles. The minimum absolute atomic E-state index is 0.145. The summed E-state index contributed by atoms with van der Waals surface area (Å²) in [6.07, 6.45) is 0. The number of halogens is 1. The van der Waals surface area contributed by atoms with E-state index < -0.39 is 5.82 Å². The summed E-state index contributed by atoms with van der Waals surface area (Å²) in [7, 11) is 1.55. The lowest BCUT2D eigenvalue weighted by atomic mass is 10.2. The van der Waals surface area contributed by atoms with E-state index in [2.05, 4.69) is 15.6 Å². The maximum atomic E-state index is 13.5. The fraction of sp³-hybridized carbons (Fsp3) is 0.200. The van der Waals surface area contributed by atoms with Crippen LogP contribution in [0, 0.1) is 5.82 Å². The first-order valence-electron chi connectivity index (χ1n) is 6.39. The number of rotatable bonds is 5. The van der Waals surface area contributed by atoms with E-state index in [-0.39, 0.29) is 11.6 Å². The number of hydrogen-bond donors (Lipinski definition) is 2. The van der Waals surface area contributed by atoms with Crippen LogP contribution in [0.2, 0.25) is 0 Å². The Morgan fingerprint density at radius 1 is 1.33 bits per heavy atom. The summed E-state index contributed by atoms with van der Waals surface area (Å²) >= 11 is 0. The number of amides is 1. The van der Waals surface area contributed by atoms with E-state index in [1.54, 1.807) is 19.2 Å². The Labute approximate surface area is 122 Å². The van der Waals surface area contributed by atoms with Crippen molar-refractivity contribution in [2.24, 2.45) is 0 Å². The summed E-state index contributed by atoms with van der Waals surface area (Å²) in [5.41, 5.74) is 1.62. The van der Waals surface area contributed by atoms with Crippen molar-refractivity contribution in [2.75, 3.05) is 17.7 Å². The van der Waals surface area contributed by atoms with Crippen molar-refractivity contribution in [1.29, 1.82) is 0 Å². The topological polar surface area (TPSA) is 63.2 Å². The maximum Gasteiger partial charge on any atom is 0.221 e. The number of benzene rings is 1. The average molecular weight is 289 g/mol. The Bertz CT molecular complexity index is 647. The monoisotopic (exact) mass is 289 g/mol. The largest absolute Gasteiger partial charge is 0.481 e. The molecule has 0 spiro atoms. The smallest absolute Gasteiger partial charge is 0.221 e. The van der Waals surface area contributed by atoms with E-state index in [1.165, 1.54) is 19.1 Å². The van der Waals surface area contributed by atoms with Gasteiger partial charge in [0.1, 0.15) is 5.82 Å². The van der Waals surface area contributed by atoms with Gasteiger partial charge in [0.05, 0.1) is 25.0 Å². The van der Waals surface area contributed by atoms with E-state index in [4.69, 9.17) is 4.74 Å². The quantitative estimate of drug-likeness (QED) is 0.888. The molecule has 0 fully saturated rings. The molecular formula is C15H16FN3O2. The fourth-order valence-corrected chi connectivity index (χ4v) is 1.78. The molecule has 0 unspecified atom stereocenters. The first-order valence-corrected chi connectivity index (χ1v) is 6.39. The normalized spacial score (nSPS) is 10.0. The highest BCUT2D eigenvalue weighted by Crippen LogP contribution is 2.20. The second-order valence-corrected chi connectivity index (χ2v) is 4.40. The van der Waals surface area contributed by atoms with Crippen molar-refractivity contribution < 1.29 is 13.9 Å². The number of nitrogens with one attached hydrogen (secondary N) is 2. The molecule has 0 saturated heterocycles. The first-order chi connectivity index (χ1) is 10.1. The number of methoxy groups -OCH3 is 1. The molecule has 0 atom stereocenters. The fourth-order valence-electron chi connectivity index (χ4n) is 1.78. The highest BCUT2D eigenvalue weighted by molar-refractivity contribution is 5.89. The molecule has 110 valence electrons. The van der Waals surface area contributed by atoms with Crippen molar-refractivity contribution in [3.05, 3.63) is 47.9 Å². The van der Waals surface area contributed by atoms with Crippen LogP contribution in [-0.4, -0.2) is 18.0 Å². The van der Waals surface area contributed by atoms with Crippen LogP contribution < -0.4 is 15.4 Å². The predicted molar refractivity (Wildman–Crippen MR) is 78.8 cm³/mol. The zero-order valence-electron chi connectivity index (χ0n) is 11.8. The van der Waals surface area contributed by atoms with Gasteiger partial charge in [0.25, 0.3) is 0 Å². The van der Waals surface area contributed by atoms with Crippen LogP contribution in [-0.2, 0) is 11.3 Å². The molecule has 0 aliphatic heterocycles. The van der Waals surface area contributed by atoms with Crippen LogP contribution in [0.3, 0.4) is 0 Å². The highest BCUT2D eigenvalue weighted by Gasteiger charge is 2.05. The van der Waals surface area contributed by atoms with Gasteiger partial charge < -0.3 is 15.4 Å². The number of pyridine rings is 1. The van der Waals surface area contributed by atoms with Gasteiger partial charge in [0.15, 0.2) is 0 Å². The number of carbonyl (C=O) groups is 1. The van der Waals surface area contributed by atoms with Crippen molar-refractivity contribution in [3.63, 3.8) is 0 Å². The third kappa shape index (κ3) is 4.17. The van der Waals surface area contributed by atoms with E-state index in [1.807, 2.05) is 12.1 Å². The summed E-state index contributed by atoms with van der Waals surface area (Å²) in [4.78, 5) is 15.3. The van der Waals surface area contributed by atoms with Crippen molar-refractivity contribution in [2.45, 2.75) is 13.5 Å². The van der Waals surface area contributed by atoms with Crippen LogP contribution in [0.15, 0.2) is 36.4 Å².